The Bertz CT molecular complexity index is 428. The number of anilines is 1. The molecule has 0 atom stereocenters. The van der Waals surface area contributed by atoms with Crippen molar-refractivity contribution < 1.29 is 0 Å². The lowest BCUT2D eigenvalue weighted by Crippen LogP contribution is -2.25. The Labute approximate surface area is 122 Å². The third kappa shape index (κ3) is 4.17. The maximum Gasteiger partial charge on any atom is 0.132 e. The van der Waals surface area contributed by atoms with Crippen molar-refractivity contribution in [2.75, 3.05) is 18.4 Å². The first kappa shape index (κ1) is 15.2. The largest absolute Gasteiger partial charge is 0.369 e. The Morgan fingerprint density at radius 1 is 1.20 bits per heavy atom. The fourth-order valence-corrected chi connectivity index (χ4v) is 2.84. The molecule has 4 nitrogen and oxygen atoms in total. The van der Waals surface area contributed by atoms with Crippen LogP contribution in [0.4, 0.5) is 5.82 Å². The summed E-state index contributed by atoms with van der Waals surface area (Å²) in [6, 6.07) is 0. The molecule has 0 bridgehead atoms. The van der Waals surface area contributed by atoms with Gasteiger partial charge in [-0.1, -0.05) is 20.3 Å². The normalized spacial score (nSPS) is 15.6. The number of aromatic nitrogens is 2. The maximum absolute atomic E-state index is 5.61. The molecule has 1 aromatic heterocycles. The van der Waals surface area contributed by atoms with Crippen molar-refractivity contribution in [3.8, 4) is 0 Å². The first-order valence-electron chi connectivity index (χ1n) is 7.89. The van der Waals surface area contributed by atoms with E-state index in [1.54, 1.807) is 6.33 Å². The van der Waals surface area contributed by atoms with Crippen molar-refractivity contribution in [2.45, 2.75) is 58.8 Å². The number of nitrogens with one attached hydrogen (secondary N) is 1. The molecule has 1 aliphatic carbocycles. The van der Waals surface area contributed by atoms with Gasteiger partial charge in [0, 0.05) is 17.8 Å². The molecule has 112 valence electrons. The molecule has 0 radical (unpaired) electrons. The van der Waals surface area contributed by atoms with Gasteiger partial charge in [-0.25, -0.2) is 9.97 Å². The van der Waals surface area contributed by atoms with Gasteiger partial charge in [0.05, 0.1) is 0 Å². The summed E-state index contributed by atoms with van der Waals surface area (Å²) in [6.07, 6.45) is 9.96. The Kier molecular flexibility index (Phi) is 5.35. The van der Waals surface area contributed by atoms with Crippen LogP contribution in [0.15, 0.2) is 6.33 Å². The second-order valence-corrected chi connectivity index (χ2v) is 6.62. The smallest absolute Gasteiger partial charge is 0.132 e. The summed E-state index contributed by atoms with van der Waals surface area (Å²) in [5.74, 6) is 1.05. The van der Waals surface area contributed by atoms with E-state index >= 15 is 0 Å². The second kappa shape index (κ2) is 7.02. The molecule has 1 aromatic rings. The zero-order valence-electron chi connectivity index (χ0n) is 12.9. The van der Waals surface area contributed by atoms with E-state index in [0.29, 0.717) is 0 Å². The summed E-state index contributed by atoms with van der Waals surface area (Å²) in [7, 11) is 0. The average Bonchev–Trinajstić information content (AvgIpc) is 2.68. The number of nitrogens with zero attached hydrogens (tertiary/aromatic N) is 2. The van der Waals surface area contributed by atoms with Crippen LogP contribution in [0.5, 0.6) is 0 Å². The summed E-state index contributed by atoms with van der Waals surface area (Å²) < 4.78 is 0. The average molecular weight is 276 g/mol. The molecule has 0 aliphatic heterocycles. The quantitative estimate of drug-likeness (QED) is 0.784. The molecule has 0 unspecified atom stereocenters. The minimum atomic E-state index is 0.252. The Morgan fingerprint density at radius 3 is 2.80 bits per heavy atom. The molecule has 0 amide bonds. The van der Waals surface area contributed by atoms with Crippen LogP contribution < -0.4 is 11.1 Å². The van der Waals surface area contributed by atoms with Gasteiger partial charge < -0.3 is 11.1 Å². The van der Waals surface area contributed by atoms with Gasteiger partial charge in [-0.05, 0) is 50.5 Å². The molecule has 1 aliphatic rings. The summed E-state index contributed by atoms with van der Waals surface area (Å²) in [4.78, 5) is 8.94. The highest BCUT2D eigenvalue weighted by Gasteiger charge is 2.19. The summed E-state index contributed by atoms with van der Waals surface area (Å²) in [5, 5.41) is 3.56. The molecule has 0 spiro atoms. The van der Waals surface area contributed by atoms with Gasteiger partial charge >= 0.3 is 0 Å². The lowest BCUT2D eigenvalue weighted by Gasteiger charge is -2.25. The minimum absolute atomic E-state index is 0.252. The molecular weight excluding hydrogens is 248 g/mol. The number of nitrogens with two attached hydrogens (primary N) is 1. The summed E-state index contributed by atoms with van der Waals surface area (Å²) in [5.41, 5.74) is 8.46. The van der Waals surface area contributed by atoms with Crippen LogP contribution in [0.3, 0.4) is 0 Å². The van der Waals surface area contributed by atoms with Crippen LogP contribution in [-0.2, 0) is 12.8 Å². The van der Waals surface area contributed by atoms with Crippen LogP contribution >= 0.6 is 0 Å². The Balaban J connectivity index is 2.02. The van der Waals surface area contributed by atoms with E-state index in [9.17, 15) is 0 Å². The fourth-order valence-electron chi connectivity index (χ4n) is 2.84. The van der Waals surface area contributed by atoms with Crippen LogP contribution in [-0.4, -0.2) is 23.1 Å². The molecule has 20 heavy (non-hydrogen) atoms. The first-order valence-corrected chi connectivity index (χ1v) is 7.89. The zero-order valence-corrected chi connectivity index (χ0v) is 12.9. The van der Waals surface area contributed by atoms with E-state index < -0.39 is 0 Å². The summed E-state index contributed by atoms with van der Waals surface area (Å²) in [6.45, 7) is 6.29. The standard InChI is InChI=1S/C16H28N4/c1-16(2,9-6-10-17)11-18-15-13-7-4-3-5-8-14(13)19-12-20-15/h12H,3-11,17H2,1-2H3,(H,18,19,20). The van der Waals surface area contributed by atoms with Gasteiger partial charge in [-0.3, -0.25) is 0 Å². The first-order chi connectivity index (χ1) is 9.62. The van der Waals surface area contributed by atoms with E-state index in [2.05, 4.69) is 29.1 Å². The zero-order chi connectivity index (χ0) is 14.4. The van der Waals surface area contributed by atoms with Crippen molar-refractivity contribution in [2.24, 2.45) is 11.1 Å². The van der Waals surface area contributed by atoms with Crippen molar-refractivity contribution >= 4 is 5.82 Å². The molecule has 3 N–H and O–H groups in total. The lowest BCUT2D eigenvalue weighted by atomic mass is 9.87. The van der Waals surface area contributed by atoms with Gasteiger partial charge in [-0.2, -0.15) is 0 Å². The van der Waals surface area contributed by atoms with Crippen LogP contribution in [0.25, 0.3) is 0 Å². The Hall–Kier alpha value is -1.16. The van der Waals surface area contributed by atoms with Gasteiger partial charge in [0.25, 0.3) is 0 Å². The van der Waals surface area contributed by atoms with Crippen LogP contribution in [0.2, 0.25) is 0 Å². The SMILES string of the molecule is CC(C)(CCCN)CNc1ncnc2c1CCCCC2. The number of rotatable bonds is 6. The molecule has 2 rings (SSSR count). The minimum Gasteiger partial charge on any atom is -0.369 e. The van der Waals surface area contributed by atoms with Gasteiger partial charge in [-0.15, -0.1) is 0 Å². The third-order valence-corrected chi connectivity index (χ3v) is 4.17. The lowest BCUT2D eigenvalue weighted by molar-refractivity contribution is 0.350. The highest BCUT2D eigenvalue weighted by Crippen LogP contribution is 2.26. The molecule has 0 saturated heterocycles. The molecule has 4 heteroatoms. The van der Waals surface area contributed by atoms with Crippen LogP contribution in [0.1, 0.15) is 57.2 Å². The fraction of sp³-hybridized carbons (Fsp3) is 0.750. The number of aryl methyl sites for hydroxylation is 1. The number of fused-ring (bicyclic) bond motifs is 1. The van der Waals surface area contributed by atoms with Crippen molar-refractivity contribution in [3.63, 3.8) is 0 Å². The predicted octanol–water partition coefficient (Wildman–Crippen LogP) is 2.92. The van der Waals surface area contributed by atoms with Gasteiger partial charge in [0.1, 0.15) is 12.1 Å². The van der Waals surface area contributed by atoms with Crippen LogP contribution in [0, 0.1) is 5.41 Å². The molecule has 0 fully saturated rings. The molecular formula is C16H28N4. The highest BCUT2D eigenvalue weighted by atomic mass is 15.0. The van der Waals surface area contributed by atoms with E-state index in [-0.39, 0.29) is 5.41 Å². The molecule has 0 aromatic carbocycles. The summed E-state index contributed by atoms with van der Waals surface area (Å²) >= 11 is 0. The predicted molar refractivity (Wildman–Crippen MR) is 83.9 cm³/mol. The van der Waals surface area contributed by atoms with E-state index in [4.69, 9.17) is 5.73 Å². The highest BCUT2D eigenvalue weighted by molar-refractivity contribution is 5.46. The van der Waals surface area contributed by atoms with Crippen molar-refractivity contribution in [1.29, 1.82) is 0 Å². The number of hydrogen-bond acceptors (Lipinski definition) is 4. The number of hydrogen-bond donors (Lipinski definition) is 2. The van der Waals surface area contributed by atoms with Gasteiger partial charge in [0.15, 0.2) is 0 Å². The maximum atomic E-state index is 5.61. The second-order valence-electron chi connectivity index (χ2n) is 6.62. The molecule has 0 saturated carbocycles. The topological polar surface area (TPSA) is 63.8 Å². The van der Waals surface area contributed by atoms with E-state index in [0.717, 1.165) is 44.6 Å². The molecule has 1 heterocycles. The monoisotopic (exact) mass is 276 g/mol. The van der Waals surface area contributed by atoms with Crippen molar-refractivity contribution in [3.05, 3.63) is 17.6 Å². The third-order valence-electron chi connectivity index (χ3n) is 4.17. The Morgan fingerprint density at radius 2 is 2.00 bits per heavy atom. The van der Waals surface area contributed by atoms with E-state index in [1.807, 2.05) is 0 Å². The van der Waals surface area contributed by atoms with E-state index in [1.165, 1.54) is 30.5 Å². The van der Waals surface area contributed by atoms with Gasteiger partial charge in [0.2, 0.25) is 0 Å². The van der Waals surface area contributed by atoms with Crippen molar-refractivity contribution in [1.82, 2.24) is 9.97 Å².